The van der Waals surface area contributed by atoms with Crippen molar-refractivity contribution in [1.29, 1.82) is 0 Å². The van der Waals surface area contributed by atoms with Crippen LogP contribution in [-0.4, -0.2) is 57.0 Å². The van der Waals surface area contributed by atoms with Crippen molar-refractivity contribution < 1.29 is 22.9 Å². The van der Waals surface area contributed by atoms with Crippen LogP contribution < -0.4 is 10.6 Å². The van der Waals surface area contributed by atoms with Crippen LogP contribution in [0.3, 0.4) is 0 Å². The molecule has 0 atom stereocenters. The Balaban J connectivity index is 1.15. The normalized spacial score (nSPS) is 19.6. The summed E-state index contributed by atoms with van der Waals surface area (Å²) in [6.07, 6.45) is 7.33. The maximum absolute atomic E-state index is 14.2. The van der Waals surface area contributed by atoms with Gasteiger partial charge in [0, 0.05) is 44.2 Å². The highest BCUT2D eigenvalue weighted by molar-refractivity contribution is 5.94. The molecule has 11 heteroatoms. The van der Waals surface area contributed by atoms with Gasteiger partial charge in [0.15, 0.2) is 17.3 Å². The number of aromatic nitrogens is 3. The lowest BCUT2D eigenvalue weighted by Crippen LogP contribution is -2.71. The van der Waals surface area contributed by atoms with Crippen molar-refractivity contribution in [3.05, 3.63) is 65.9 Å². The molecule has 6 rings (SSSR count). The molecule has 1 aromatic carbocycles. The zero-order valence-electron chi connectivity index (χ0n) is 20.0. The maximum Gasteiger partial charge on any atom is 0.274 e. The predicted molar refractivity (Wildman–Crippen MR) is 127 cm³/mol. The Morgan fingerprint density at radius 1 is 1.08 bits per heavy atom. The van der Waals surface area contributed by atoms with E-state index in [9.17, 15) is 18.4 Å². The second kappa shape index (κ2) is 8.98. The number of hydrogen-bond donors (Lipinski definition) is 2. The van der Waals surface area contributed by atoms with Crippen LogP contribution in [0.2, 0.25) is 0 Å². The van der Waals surface area contributed by atoms with Gasteiger partial charge in [-0.15, -0.1) is 0 Å². The molecule has 3 heterocycles. The van der Waals surface area contributed by atoms with E-state index < -0.39 is 28.6 Å². The molecule has 3 aliphatic rings. The van der Waals surface area contributed by atoms with Gasteiger partial charge in [-0.05, 0) is 49.8 Å². The fourth-order valence-corrected chi connectivity index (χ4v) is 5.04. The summed E-state index contributed by atoms with van der Waals surface area (Å²) in [6.45, 7) is 2.02. The van der Waals surface area contributed by atoms with Gasteiger partial charge in [-0.3, -0.25) is 14.5 Å². The Morgan fingerprint density at radius 3 is 2.51 bits per heavy atom. The third-order valence-corrected chi connectivity index (χ3v) is 7.21. The van der Waals surface area contributed by atoms with Crippen LogP contribution in [0, 0.1) is 17.6 Å². The molecule has 2 aromatic heterocycles. The summed E-state index contributed by atoms with van der Waals surface area (Å²) in [5.41, 5.74) is -1.37. The number of rotatable bonds is 9. The molecule has 2 amide bonds. The van der Waals surface area contributed by atoms with Crippen LogP contribution in [-0.2, 0) is 10.3 Å². The molecule has 3 aromatic rings. The summed E-state index contributed by atoms with van der Waals surface area (Å²) >= 11 is 0. The first-order valence-corrected chi connectivity index (χ1v) is 12.4. The third kappa shape index (κ3) is 4.95. The molecule has 2 N–H and O–H groups in total. The number of carbonyl (C=O) groups excluding carboxylic acids is 2. The van der Waals surface area contributed by atoms with Crippen molar-refractivity contribution in [3.8, 4) is 11.3 Å². The number of carbonyl (C=O) groups is 2. The molecule has 1 saturated heterocycles. The van der Waals surface area contributed by atoms with Crippen molar-refractivity contribution in [2.45, 2.75) is 43.2 Å². The number of benzene rings is 1. The van der Waals surface area contributed by atoms with E-state index in [1.807, 2.05) is 0 Å². The van der Waals surface area contributed by atoms with Gasteiger partial charge >= 0.3 is 0 Å². The lowest BCUT2D eigenvalue weighted by Gasteiger charge is -2.50. The molecule has 2 aliphatic carbocycles. The SMILES string of the molecule is O=C(CC1(NC(=O)c2cc(-c3ccc(F)cc3F)on2)CN(CC2CC2)C1)NC1(c2ncccn2)CC1. The Morgan fingerprint density at radius 2 is 1.84 bits per heavy atom. The number of halogens is 2. The first-order valence-electron chi connectivity index (χ1n) is 12.4. The van der Waals surface area contributed by atoms with Gasteiger partial charge in [-0.2, -0.15) is 0 Å². The summed E-state index contributed by atoms with van der Waals surface area (Å²) in [5, 5.41) is 9.86. The van der Waals surface area contributed by atoms with E-state index >= 15 is 0 Å². The van der Waals surface area contributed by atoms with Gasteiger partial charge < -0.3 is 15.2 Å². The van der Waals surface area contributed by atoms with Crippen LogP contribution in [0.15, 0.2) is 47.2 Å². The Labute approximate surface area is 211 Å². The zero-order valence-corrected chi connectivity index (χ0v) is 20.0. The molecule has 0 unspecified atom stereocenters. The zero-order chi connectivity index (χ0) is 25.6. The second-order valence-electron chi connectivity index (χ2n) is 10.4. The first-order chi connectivity index (χ1) is 17.8. The first kappa shape index (κ1) is 23.7. The minimum Gasteiger partial charge on any atom is -0.355 e. The Hall–Kier alpha value is -3.73. The highest BCUT2D eigenvalue weighted by atomic mass is 19.1. The van der Waals surface area contributed by atoms with Crippen molar-refractivity contribution >= 4 is 11.8 Å². The molecule has 2 saturated carbocycles. The van der Waals surface area contributed by atoms with Crippen LogP contribution in [0.5, 0.6) is 0 Å². The number of hydrogen-bond acceptors (Lipinski definition) is 7. The number of nitrogens with one attached hydrogen (secondary N) is 2. The summed E-state index contributed by atoms with van der Waals surface area (Å²) in [7, 11) is 0. The van der Waals surface area contributed by atoms with E-state index in [4.69, 9.17) is 4.52 Å². The number of amides is 2. The molecular weight excluding hydrogens is 482 g/mol. The summed E-state index contributed by atoms with van der Waals surface area (Å²) in [4.78, 5) is 37.1. The number of likely N-dealkylation sites (tertiary alicyclic amines) is 1. The molecule has 1 aliphatic heterocycles. The van der Waals surface area contributed by atoms with Gasteiger partial charge in [-0.1, -0.05) is 5.16 Å². The maximum atomic E-state index is 14.2. The average Bonchev–Trinajstić information content (AvgIpc) is 3.77. The van der Waals surface area contributed by atoms with Crippen LogP contribution in [0.1, 0.15) is 48.4 Å². The summed E-state index contributed by atoms with van der Waals surface area (Å²) in [6, 6.07) is 6.11. The van der Waals surface area contributed by atoms with Crippen LogP contribution in [0.25, 0.3) is 11.3 Å². The molecular formula is C26H26F2N6O3. The molecule has 3 fully saturated rings. The van der Waals surface area contributed by atoms with E-state index in [0.29, 0.717) is 24.8 Å². The molecule has 192 valence electrons. The predicted octanol–water partition coefficient (Wildman–Crippen LogP) is 2.80. The van der Waals surface area contributed by atoms with E-state index in [0.717, 1.165) is 31.5 Å². The van der Waals surface area contributed by atoms with Crippen molar-refractivity contribution in [2.24, 2.45) is 5.92 Å². The molecule has 0 radical (unpaired) electrons. The van der Waals surface area contributed by atoms with Crippen molar-refractivity contribution in [1.82, 2.24) is 30.7 Å². The minimum atomic E-state index is -0.817. The molecule has 0 spiro atoms. The topological polar surface area (TPSA) is 113 Å². The van der Waals surface area contributed by atoms with Crippen molar-refractivity contribution in [2.75, 3.05) is 19.6 Å². The minimum absolute atomic E-state index is 0.000781. The van der Waals surface area contributed by atoms with Crippen molar-refractivity contribution in [3.63, 3.8) is 0 Å². The summed E-state index contributed by atoms with van der Waals surface area (Å²) < 4.78 is 32.6. The fraction of sp³-hybridized carbons (Fsp3) is 0.423. The van der Waals surface area contributed by atoms with Gasteiger partial charge in [-0.25, -0.2) is 18.7 Å². The largest absolute Gasteiger partial charge is 0.355 e. The van der Waals surface area contributed by atoms with E-state index in [1.165, 1.54) is 25.0 Å². The molecule has 9 nitrogen and oxygen atoms in total. The summed E-state index contributed by atoms with van der Waals surface area (Å²) in [5.74, 6) is -0.968. The van der Waals surface area contributed by atoms with Gasteiger partial charge in [0.1, 0.15) is 11.6 Å². The number of nitrogens with zero attached hydrogens (tertiary/aromatic N) is 4. The monoisotopic (exact) mass is 508 g/mol. The lowest BCUT2D eigenvalue weighted by molar-refractivity contribution is -0.125. The standard InChI is InChI=1S/C26H26F2N6O3/c27-17-4-5-18(19(28)10-17)21-11-20(33-37-21)23(36)32-25(14-34(15-25)13-16-2-3-16)12-22(35)31-26(6-7-26)24-29-8-1-9-30-24/h1,4-5,8-11,16H,2-3,6-7,12-15H2,(H,31,35)(H,32,36). The van der Waals surface area contributed by atoms with E-state index in [2.05, 4.69) is 30.7 Å². The van der Waals surface area contributed by atoms with Gasteiger partial charge in [0.25, 0.3) is 5.91 Å². The second-order valence-corrected chi connectivity index (χ2v) is 10.4. The lowest BCUT2D eigenvalue weighted by atomic mass is 9.85. The van der Waals surface area contributed by atoms with E-state index in [1.54, 1.807) is 18.5 Å². The molecule has 37 heavy (non-hydrogen) atoms. The fourth-order valence-electron chi connectivity index (χ4n) is 5.04. The molecule has 0 bridgehead atoms. The average molecular weight is 509 g/mol. The quantitative estimate of drug-likeness (QED) is 0.457. The van der Waals surface area contributed by atoms with Crippen LogP contribution in [0.4, 0.5) is 8.78 Å². The smallest absolute Gasteiger partial charge is 0.274 e. The highest BCUT2D eigenvalue weighted by Crippen LogP contribution is 2.44. The van der Waals surface area contributed by atoms with Gasteiger partial charge in [0.05, 0.1) is 23.1 Å². The third-order valence-electron chi connectivity index (χ3n) is 7.21. The Kier molecular flexibility index (Phi) is 5.74. The van der Waals surface area contributed by atoms with Gasteiger partial charge in [0.2, 0.25) is 5.91 Å². The van der Waals surface area contributed by atoms with E-state index in [-0.39, 0.29) is 29.3 Å². The Bertz CT molecular complexity index is 1330. The van der Waals surface area contributed by atoms with Crippen LogP contribution >= 0.6 is 0 Å². The highest BCUT2D eigenvalue weighted by Gasteiger charge is 2.51.